The molecule has 0 radical (unpaired) electrons. The van der Waals surface area contributed by atoms with Gasteiger partial charge in [-0.25, -0.2) is 0 Å². The number of hydrogen-bond donors (Lipinski definition) is 1. The summed E-state index contributed by atoms with van der Waals surface area (Å²) >= 11 is 0. The molecule has 1 aromatic carbocycles. The molecule has 17 heavy (non-hydrogen) atoms. The van der Waals surface area contributed by atoms with Crippen molar-refractivity contribution in [2.45, 2.75) is 31.6 Å². The topological polar surface area (TPSA) is 55.8 Å². The van der Waals surface area contributed by atoms with Crippen LogP contribution in [-0.2, 0) is 10.2 Å². The monoisotopic (exact) mass is 234 g/mol. The highest BCUT2D eigenvalue weighted by molar-refractivity contribution is 5.70. The third kappa shape index (κ3) is 1.64. The summed E-state index contributed by atoms with van der Waals surface area (Å²) in [6.07, 6.45) is 2.09. The molecular weight excluding hydrogens is 220 g/mol. The molecule has 4 heteroatoms. The number of carbonyl (C=O) groups is 1. The number of benzene rings is 1. The fraction of sp³-hybridized carbons (Fsp3) is 0.462. The molecule has 4 nitrogen and oxygen atoms in total. The quantitative estimate of drug-likeness (QED) is 0.871. The first kappa shape index (κ1) is 10.4. The molecule has 1 saturated carbocycles. The van der Waals surface area contributed by atoms with Gasteiger partial charge in [0.1, 0.15) is 0 Å². The van der Waals surface area contributed by atoms with Crippen LogP contribution in [0.1, 0.15) is 30.4 Å². The molecule has 0 spiro atoms. The van der Waals surface area contributed by atoms with Crippen LogP contribution in [-0.4, -0.2) is 17.9 Å². The van der Waals surface area contributed by atoms with E-state index in [4.69, 9.17) is 14.6 Å². The van der Waals surface area contributed by atoms with Crippen molar-refractivity contribution in [3.63, 3.8) is 0 Å². The van der Waals surface area contributed by atoms with E-state index in [2.05, 4.69) is 0 Å². The Balaban J connectivity index is 2.01. The molecule has 0 bridgehead atoms. The molecule has 0 aromatic heterocycles. The normalized spacial score (nSPS) is 19.1. The van der Waals surface area contributed by atoms with Crippen LogP contribution in [0.15, 0.2) is 12.1 Å². The minimum absolute atomic E-state index is 0.170. The van der Waals surface area contributed by atoms with E-state index in [9.17, 15) is 4.79 Å². The first-order valence-corrected chi connectivity index (χ1v) is 5.73. The van der Waals surface area contributed by atoms with Gasteiger partial charge < -0.3 is 14.6 Å². The van der Waals surface area contributed by atoms with Gasteiger partial charge in [-0.3, -0.25) is 4.79 Å². The van der Waals surface area contributed by atoms with Crippen LogP contribution in [0.5, 0.6) is 11.5 Å². The third-order valence-corrected chi connectivity index (χ3v) is 3.63. The van der Waals surface area contributed by atoms with E-state index < -0.39 is 5.97 Å². The maximum absolute atomic E-state index is 10.9. The molecule has 1 N–H and O–H groups in total. The lowest BCUT2D eigenvalue weighted by molar-refractivity contribution is -0.137. The molecule has 90 valence electrons. The molecule has 1 fully saturated rings. The predicted molar refractivity (Wildman–Crippen MR) is 60.5 cm³/mol. The summed E-state index contributed by atoms with van der Waals surface area (Å²) in [6.45, 7) is 2.25. The number of ether oxygens (including phenoxy) is 2. The van der Waals surface area contributed by atoms with Gasteiger partial charge in [0.25, 0.3) is 0 Å². The van der Waals surface area contributed by atoms with E-state index in [1.54, 1.807) is 0 Å². The minimum atomic E-state index is -0.737. The molecular formula is C13H14O4. The Morgan fingerprint density at radius 3 is 2.59 bits per heavy atom. The Morgan fingerprint density at radius 2 is 2.00 bits per heavy atom. The Labute approximate surface area is 99.2 Å². The number of rotatable bonds is 3. The molecule has 1 heterocycles. The summed E-state index contributed by atoms with van der Waals surface area (Å²) < 4.78 is 10.7. The van der Waals surface area contributed by atoms with Gasteiger partial charge >= 0.3 is 5.97 Å². The van der Waals surface area contributed by atoms with Gasteiger partial charge in [0.05, 0.1) is 6.42 Å². The van der Waals surface area contributed by atoms with Crippen molar-refractivity contribution in [3.05, 3.63) is 23.3 Å². The minimum Gasteiger partial charge on any atom is -0.481 e. The largest absolute Gasteiger partial charge is 0.481 e. The smallest absolute Gasteiger partial charge is 0.304 e. The zero-order valence-corrected chi connectivity index (χ0v) is 9.66. The van der Waals surface area contributed by atoms with Crippen LogP contribution >= 0.6 is 0 Å². The zero-order chi connectivity index (χ0) is 12.0. The lowest BCUT2D eigenvalue weighted by Gasteiger charge is -2.16. The van der Waals surface area contributed by atoms with Gasteiger partial charge in [-0.05, 0) is 43.0 Å². The van der Waals surface area contributed by atoms with Crippen LogP contribution in [0, 0.1) is 6.92 Å². The van der Waals surface area contributed by atoms with Crippen molar-refractivity contribution in [1.29, 1.82) is 0 Å². The lowest BCUT2D eigenvalue weighted by atomic mass is 9.88. The van der Waals surface area contributed by atoms with Crippen molar-refractivity contribution >= 4 is 5.97 Å². The van der Waals surface area contributed by atoms with Gasteiger partial charge in [0.15, 0.2) is 11.5 Å². The third-order valence-electron chi connectivity index (χ3n) is 3.63. The molecule has 1 aromatic rings. The number of carboxylic acid groups (broad SMARTS) is 1. The molecule has 2 aliphatic rings. The van der Waals surface area contributed by atoms with E-state index in [1.165, 1.54) is 0 Å². The van der Waals surface area contributed by atoms with Gasteiger partial charge in [-0.15, -0.1) is 0 Å². The van der Waals surface area contributed by atoms with Crippen LogP contribution in [0.2, 0.25) is 0 Å². The second kappa shape index (κ2) is 3.39. The molecule has 0 atom stereocenters. The number of hydrogen-bond acceptors (Lipinski definition) is 3. The molecule has 1 aliphatic carbocycles. The predicted octanol–water partition coefficient (Wildman–Crippen LogP) is 2.23. The average Bonchev–Trinajstić information content (AvgIpc) is 2.87. The van der Waals surface area contributed by atoms with Crippen LogP contribution < -0.4 is 9.47 Å². The van der Waals surface area contributed by atoms with Crippen LogP contribution in [0.25, 0.3) is 0 Å². The van der Waals surface area contributed by atoms with Crippen molar-refractivity contribution in [2.24, 2.45) is 0 Å². The number of fused-ring (bicyclic) bond motifs is 1. The maximum atomic E-state index is 10.9. The number of aryl methyl sites for hydroxylation is 1. The van der Waals surface area contributed by atoms with E-state index in [1.807, 2.05) is 19.1 Å². The summed E-state index contributed by atoms with van der Waals surface area (Å²) in [4.78, 5) is 10.9. The number of carboxylic acids is 1. The Hall–Kier alpha value is -1.71. The molecule has 0 saturated heterocycles. The summed E-state index contributed by atoms with van der Waals surface area (Å²) in [7, 11) is 0. The zero-order valence-electron chi connectivity index (χ0n) is 9.66. The standard InChI is InChI=1S/C13H14O4/c1-8-4-10-11(17-7-16-10)5-9(8)13(2-3-13)6-12(14)15/h4-5H,2-3,6-7H2,1H3,(H,14,15). The van der Waals surface area contributed by atoms with Gasteiger partial charge in [0.2, 0.25) is 6.79 Å². The Morgan fingerprint density at radius 1 is 1.35 bits per heavy atom. The van der Waals surface area contributed by atoms with Crippen molar-refractivity contribution in [3.8, 4) is 11.5 Å². The van der Waals surface area contributed by atoms with Crippen LogP contribution in [0.4, 0.5) is 0 Å². The Kier molecular flexibility index (Phi) is 2.08. The van der Waals surface area contributed by atoms with Gasteiger partial charge in [-0.2, -0.15) is 0 Å². The second-order valence-corrected chi connectivity index (χ2v) is 4.87. The summed E-state index contributed by atoms with van der Waals surface area (Å²) in [5, 5.41) is 8.98. The fourth-order valence-electron chi connectivity index (χ4n) is 2.60. The van der Waals surface area contributed by atoms with Crippen molar-refractivity contribution in [1.82, 2.24) is 0 Å². The van der Waals surface area contributed by atoms with Crippen molar-refractivity contribution in [2.75, 3.05) is 6.79 Å². The first-order valence-electron chi connectivity index (χ1n) is 5.73. The van der Waals surface area contributed by atoms with E-state index in [-0.39, 0.29) is 18.6 Å². The lowest BCUT2D eigenvalue weighted by Crippen LogP contribution is -2.14. The fourth-order valence-corrected chi connectivity index (χ4v) is 2.60. The van der Waals surface area contributed by atoms with Gasteiger partial charge in [-0.1, -0.05) is 0 Å². The highest BCUT2D eigenvalue weighted by Crippen LogP contribution is 2.54. The summed E-state index contributed by atoms with van der Waals surface area (Å²) in [5.41, 5.74) is 2.02. The highest BCUT2D eigenvalue weighted by Gasteiger charge is 2.47. The Bertz CT molecular complexity index is 488. The highest BCUT2D eigenvalue weighted by atomic mass is 16.7. The average molecular weight is 234 g/mol. The van der Waals surface area contributed by atoms with E-state index in [0.29, 0.717) is 0 Å². The summed E-state index contributed by atoms with van der Waals surface area (Å²) in [5.74, 6) is 0.763. The molecule has 0 unspecified atom stereocenters. The van der Waals surface area contributed by atoms with E-state index in [0.717, 1.165) is 35.5 Å². The molecule has 1 aliphatic heterocycles. The van der Waals surface area contributed by atoms with E-state index >= 15 is 0 Å². The van der Waals surface area contributed by atoms with Gasteiger partial charge in [0, 0.05) is 5.41 Å². The second-order valence-electron chi connectivity index (χ2n) is 4.87. The van der Waals surface area contributed by atoms with Crippen LogP contribution in [0.3, 0.4) is 0 Å². The molecule has 3 rings (SSSR count). The molecule has 0 amide bonds. The SMILES string of the molecule is Cc1cc2c(cc1C1(CC(=O)O)CC1)OCO2. The number of aliphatic carboxylic acids is 1. The first-order chi connectivity index (χ1) is 8.11. The summed E-state index contributed by atoms with van der Waals surface area (Å²) in [6, 6.07) is 3.90. The maximum Gasteiger partial charge on any atom is 0.304 e. The van der Waals surface area contributed by atoms with Crippen molar-refractivity contribution < 1.29 is 19.4 Å².